The fourth-order valence-corrected chi connectivity index (χ4v) is 4.62. The molecule has 0 bridgehead atoms. The van der Waals surface area contributed by atoms with E-state index < -0.39 is 0 Å². The van der Waals surface area contributed by atoms with E-state index in [-0.39, 0.29) is 5.84 Å². The Balaban J connectivity index is 1.92. The first kappa shape index (κ1) is 14.7. The van der Waals surface area contributed by atoms with E-state index in [1.807, 2.05) is 11.8 Å². The van der Waals surface area contributed by atoms with Crippen molar-refractivity contribution >= 4 is 17.6 Å². The number of aryl methyl sites for hydroxylation is 2. The Morgan fingerprint density at radius 1 is 1.19 bits per heavy atom. The zero-order valence-corrected chi connectivity index (χ0v) is 13.2. The summed E-state index contributed by atoms with van der Waals surface area (Å²) in [4.78, 5) is 4.87. The summed E-state index contributed by atoms with van der Waals surface area (Å²) in [7, 11) is 0. The average Bonchev–Trinajstić information content (AvgIpc) is 2.54. The fourth-order valence-electron chi connectivity index (χ4n) is 3.28. The molecule has 3 N–H and O–H groups in total. The molecule has 2 aliphatic rings. The van der Waals surface area contributed by atoms with Crippen molar-refractivity contribution in [3.05, 3.63) is 22.9 Å². The standard InChI is InChI=1S/C16H23N3OS/c17-15(19-20)13-10-11-6-4-5-9-14(11)18-16(13)21-12-7-2-1-3-8-12/h10,12,20H,1-9H2,(H2,17,19). The third-order valence-corrected chi connectivity index (χ3v) is 5.82. The number of nitrogens with zero attached hydrogens (tertiary/aromatic N) is 2. The SMILES string of the molecule is NC(=NO)c1cc2c(nc1SC1CCCCC1)CCCC2. The number of oxime groups is 1. The van der Waals surface area contributed by atoms with Crippen LogP contribution in [0.1, 0.15) is 61.8 Å². The van der Waals surface area contributed by atoms with Gasteiger partial charge in [-0.3, -0.25) is 0 Å². The molecular weight excluding hydrogens is 282 g/mol. The van der Waals surface area contributed by atoms with Gasteiger partial charge in [-0.15, -0.1) is 11.8 Å². The Labute approximate surface area is 130 Å². The molecule has 4 nitrogen and oxygen atoms in total. The summed E-state index contributed by atoms with van der Waals surface area (Å²) in [6.45, 7) is 0. The van der Waals surface area contributed by atoms with Crippen LogP contribution in [-0.4, -0.2) is 21.3 Å². The van der Waals surface area contributed by atoms with Crippen LogP contribution in [0, 0.1) is 0 Å². The van der Waals surface area contributed by atoms with Crippen molar-refractivity contribution < 1.29 is 5.21 Å². The van der Waals surface area contributed by atoms with Gasteiger partial charge in [-0.25, -0.2) is 4.98 Å². The highest BCUT2D eigenvalue weighted by Gasteiger charge is 2.21. The van der Waals surface area contributed by atoms with Crippen molar-refractivity contribution in [2.75, 3.05) is 0 Å². The first-order valence-corrected chi connectivity index (χ1v) is 8.83. The Morgan fingerprint density at radius 3 is 2.71 bits per heavy atom. The van der Waals surface area contributed by atoms with Crippen LogP contribution >= 0.6 is 11.8 Å². The van der Waals surface area contributed by atoms with Gasteiger partial charge in [0, 0.05) is 10.9 Å². The molecule has 0 amide bonds. The summed E-state index contributed by atoms with van der Waals surface area (Å²) in [5.41, 5.74) is 9.18. The molecule has 0 aromatic carbocycles. The molecule has 2 aliphatic carbocycles. The quantitative estimate of drug-likeness (QED) is 0.388. The monoisotopic (exact) mass is 305 g/mol. The van der Waals surface area contributed by atoms with E-state index in [9.17, 15) is 0 Å². The number of hydrogen-bond acceptors (Lipinski definition) is 4. The van der Waals surface area contributed by atoms with Gasteiger partial charge in [-0.1, -0.05) is 24.4 Å². The third kappa shape index (κ3) is 3.34. The summed E-state index contributed by atoms with van der Waals surface area (Å²) in [6, 6.07) is 2.10. The second-order valence-corrected chi connectivity index (χ2v) is 7.31. The lowest BCUT2D eigenvalue weighted by atomic mass is 9.95. The molecule has 1 saturated carbocycles. The molecular formula is C16H23N3OS. The number of fused-ring (bicyclic) bond motifs is 1. The molecule has 0 saturated heterocycles. The zero-order valence-electron chi connectivity index (χ0n) is 12.3. The summed E-state index contributed by atoms with van der Waals surface area (Å²) < 4.78 is 0. The van der Waals surface area contributed by atoms with Gasteiger partial charge in [0.1, 0.15) is 5.03 Å². The third-order valence-electron chi connectivity index (χ3n) is 4.48. The number of pyridine rings is 1. The normalized spacial score (nSPS) is 20.3. The van der Waals surface area contributed by atoms with Gasteiger partial charge in [0.25, 0.3) is 0 Å². The van der Waals surface area contributed by atoms with Crippen molar-refractivity contribution in [3.63, 3.8) is 0 Å². The van der Waals surface area contributed by atoms with Crippen molar-refractivity contribution in [2.24, 2.45) is 10.9 Å². The maximum absolute atomic E-state index is 9.05. The molecule has 1 fully saturated rings. The fraction of sp³-hybridized carbons (Fsp3) is 0.625. The van der Waals surface area contributed by atoms with Gasteiger partial charge in [0.15, 0.2) is 5.84 Å². The molecule has 0 unspecified atom stereocenters. The highest BCUT2D eigenvalue weighted by molar-refractivity contribution is 7.99. The Bertz CT molecular complexity index is 539. The Hall–Kier alpha value is -1.23. The number of thioether (sulfide) groups is 1. The maximum atomic E-state index is 9.05. The van der Waals surface area contributed by atoms with Crippen LogP contribution in [0.3, 0.4) is 0 Å². The molecule has 1 heterocycles. The van der Waals surface area contributed by atoms with Gasteiger partial charge in [-0.2, -0.15) is 0 Å². The van der Waals surface area contributed by atoms with Gasteiger partial charge in [-0.05, 0) is 50.2 Å². The van der Waals surface area contributed by atoms with E-state index >= 15 is 0 Å². The van der Waals surface area contributed by atoms with Gasteiger partial charge >= 0.3 is 0 Å². The first-order chi connectivity index (χ1) is 10.3. The van der Waals surface area contributed by atoms with E-state index in [4.69, 9.17) is 15.9 Å². The molecule has 3 rings (SSSR count). The number of hydrogen-bond donors (Lipinski definition) is 2. The minimum absolute atomic E-state index is 0.189. The number of rotatable bonds is 3. The smallest absolute Gasteiger partial charge is 0.172 e. The Morgan fingerprint density at radius 2 is 1.95 bits per heavy atom. The summed E-state index contributed by atoms with van der Waals surface area (Å²) >= 11 is 1.82. The van der Waals surface area contributed by atoms with E-state index in [1.165, 1.54) is 56.2 Å². The molecule has 0 radical (unpaired) electrons. The van der Waals surface area contributed by atoms with Gasteiger partial charge < -0.3 is 10.9 Å². The molecule has 5 heteroatoms. The minimum Gasteiger partial charge on any atom is -0.409 e. The summed E-state index contributed by atoms with van der Waals surface area (Å²) in [6.07, 6.45) is 11.0. The molecule has 1 aromatic heterocycles. The predicted octanol–water partition coefficient (Wildman–Crippen LogP) is 3.48. The molecule has 0 atom stereocenters. The van der Waals surface area contributed by atoms with E-state index in [1.54, 1.807) is 0 Å². The molecule has 21 heavy (non-hydrogen) atoms. The molecule has 0 aliphatic heterocycles. The van der Waals surface area contributed by atoms with E-state index in [0.717, 1.165) is 23.4 Å². The maximum Gasteiger partial charge on any atom is 0.172 e. The molecule has 1 aromatic rings. The number of amidine groups is 1. The lowest BCUT2D eigenvalue weighted by molar-refractivity contribution is 0.318. The van der Waals surface area contributed by atoms with Crippen molar-refractivity contribution in [2.45, 2.75) is 68.1 Å². The zero-order chi connectivity index (χ0) is 14.7. The highest BCUT2D eigenvalue weighted by Crippen LogP contribution is 2.35. The summed E-state index contributed by atoms with van der Waals surface area (Å²) in [5.74, 6) is 0.189. The summed E-state index contributed by atoms with van der Waals surface area (Å²) in [5, 5.41) is 13.8. The van der Waals surface area contributed by atoms with Crippen LogP contribution in [-0.2, 0) is 12.8 Å². The van der Waals surface area contributed by atoms with Crippen molar-refractivity contribution in [1.82, 2.24) is 4.98 Å². The molecule has 0 spiro atoms. The number of aromatic nitrogens is 1. The van der Waals surface area contributed by atoms with Crippen LogP contribution in [0.5, 0.6) is 0 Å². The van der Waals surface area contributed by atoms with E-state index in [2.05, 4.69) is 11.2 Å². The lowest BCUT2D eigenvalue weighted by Gasteiger charge is -2.23. The van der Waals surface area contributed by atoms with Gasteiger partial charge in [0.05, 0.1) is 5.56 Å². The minimum atomic E-state index is 0.189. The van der Waals surface area contributed by atoms with Crippen LogP contribution in [0.25, 0.3) is 0 Å². The Kier molecular flexibility index (Phi) is 4.68. The second-order valence-electron chi connectivity index (χ2n) is 6.02. The van der Waals surface area contributed by atoms with Crippen molar-refractivity contribution in [1.29, 1.82) is 0 Å². The van der Waals surface area contributed by atoms with Crippen LogP contribution in [0.2, 0.25) is 0 Å². The van der Waals surface area contributed by atoms with Crippen molar-refractivity contribution in [3.8, 4) is 0 Å². The van der Waals surface area contributed by atoms with E-state index in [0.29, 0.717) is 5.25 Å². The second kappa shape index (κ2) is 6.69. The average molecular weight is 305 g/mol. The molecule has 114 valence electrons. The van der Waals surface area contributed by atoms with Crippen LogP contribution < -0.4 is 5.73 Å². The topological polar surface area (TPSA) is 71.5 Å². The van der Waals surface area contributed by atoms with Crippen LogP contribution in [0.15, 0.2) is 16.2 Å². The van der Waals surface area contributed by atoms with Gasteiger partial charge in [0.2, 0.25) is 0 Å². The number of nitrogens with two attached hydrogens (primary N) is 1. The lowest BCUT2D eigenvalue weighted by Crippen LogP contribution is -2.19. The van der Waals surface area contributed by atoms with Crippen LogP contribution in [0.4, 0.5) is 0 Å². The predicted molar refractivity (Wildman–Crippen MR) is 86.1 cm³/mol. The largest absolute Gasteiger partial charge is 0.409 e. The first-order valence-electron chi connectivity index (χ1n) is 7.95. The highest BCUT2D eigenvalue weighted by atomic mass is 32.2.